The number of pyridine rings is 1. The first-order valence-electron chi connectivity index (χ1n) is 8.43. The molecule has 2 N–H and O–H groups in total. The van der Waals surface area contributed by atoms with Gasteiger partial charge in [-0.1, -0.05) is 11.6 Å². The molecule has 0 aliphatic heterocycles. The molecule has 2 aromatic rings. The van der Waals surface area contributed by atoms with Gasteiger partial charge in [0, 0.05) is 36.3 Å². The van der Waals surface area contributed by atoms with Crippen LogP contribution < -0.4 is 5.32 Å². The van der Waals surface area contributed by atoms with Crippen molar-refractivity contribution in [3.8, 4) is 11.3 Å². The second kappa shape index (κ2) is 8.10. The SMILES string of the molecule is OCCC1CCC(Nc2cc(Cl)ncc2-c2ccn(C(F)F)n2)CC1. The monoisotopic (exact) mass is 370 g/mol. The van der Waals surface area contributed by atoms with Gasteiger partial charge in [-0.05, 0) is 50.2 Å². The van der Waals surface area contributed by atoms with E-state index in [4.69, 9.17) is 16.7 Å². The minimum absolute atomic E-state index is 0.236. The van der Waals surface area contributed by atoms with Crippen molar-refractivity contribution in [1.82, 2.24) is 14.8 Å². The topological polar surface area (TPSA) is 63.0 Å². The average molecular weight is 371 g/mol. The molecule has 0 unspecified atom stereocenters. The lowest BCUT2D eigenvalue weighted by Crippen LogP contribution is -2.26. The maximum absolute atomic E-state index is 12.8. The molecule has 0 saturated heterocycles. The number of rotatable bonds is 6. The fraction of sp³-hybridized carbons (Fsp3) is 0.529. The molecular formula is C17H21ClF2N4O. The molecule has 0 radical (unpaired) electrons. The highest BCUT2D eigenvalue weighted by molar-refractivity contribution is 6.29. The van der Waals surface area contributed by atoms with Crippen molar-refractivity contribution in [1.29, 1.82) is 0 Å². The summed E-state index contributed by atoms with van der Waals surface area (Å²) in [6.45, 7) is -2.44. The molecule has 0 bridgehead atoms. The summed E-state index contributed by atoms with van der Waals surface area (Å²) < 4.78 is 26.1. The van der Waals surface area contributed by atoms with Crippen molar-refractivity contribution in [3.05, 3.63) is 29.7 Å². The Labute approximate surface area is 150 Å². The van der Waals surface area contributed by atoms with Crippen LogP contribution in [0.1, 0.15) is 38.7 Å². The fourth-order valence-corrected chi connectivity index (χ4v) is 3.50. The summed E-state index contributed by atoms with van der Waals surface area (Å²) in [7, 11) is 0. The summed E-state index contributed by atoms with van der Waals surface area (Å²) in [6.07, 6.45) is 7.77. The van der Waals surface area contributed by atoms with Crippen LogP contribution in [0.5, 0.6) is 0 Å². The van der Waals surface area contributed by atoms with Crippen molar-refractivity contribution >= 4 is 17.3 Å². The lowest BCUT2D eigenvalue weighted by Gasteiger charge is -2.30. The highest BCUT2D eigenvalue weighted by Gasteiger charge is 2.22. The number of nitrogens with zero attached hydrogens (tertiary/aromatic N) is 3. The highest BCUT2D eigenvalue weighted by Crippen LogP contribution is 2.33. The van der Waals surface area contributed by atoms with Gasteiger partial charge in [0.2, 0.25) is 0 Å². The zero-order valence-electron chi connectivity index (χ0n) is 13.7. The molecule has 0 aromatic carbocycles. The van der Waals surface area contributed by atoms with Crippen LogP contribution in [0.15, 0.2) is 24.5 Å². The Morgan fingerprint density at radius 3 is 2.72 bits per heavy atom. The number of aromatic nitrogens is 3. The molecule has 1 fully saturated rings. The van der Waals surface area contributed by atoms with Crippen LogP contribution in [-0.4, -0.2) is 32.5 Å². The molecule has 1 aliphatic rings. The Kier molecular flexibility index (Phi) is 5.86. The molecule has 2 heterocycles. The van der Waals surface area contributed by atoms with Crippen LogP contribution >= 0.6 is 11.6 Å². The summed E-state index contributed by atoms with van der Waals surface area (Å²) in [5.41, 5.74) is 1.84. The van der Waals surface area contributed by atoms with Gasteiger partial charge >= 0.3 is 6.55 Å². The van der Waals surface area contributed by atoms with Crippen LogP contribution in [0.3, 0.4) is 0 Å². The van der Waals surface area contributed by atoms with Crippen LogP contribution in [0.25, 0.3) is 11.3 Å². The summed E-state index contributed by atoms with van der Waals surface area (Å²) in [4.78, 5) is 4.06. The number of aliphatic hydroxyl groups excluding tert-OH is 1. The van der Waals surface area contributed by atoms with Gasteiger partial charge in [0.05, 0.1) is 5.69 Å². The molecule has 0 amide bonds. The molecule has 0 atom stereocenters. The predicted molar refractivity (Wildman–Crippen MR) is 92.8 cm³/mol. The molecule has 1 saturated carbocycles. The second-order valence-electron chi connectivity index (χ2n) is 6.39. The zero-order valence-corrected chi connectivity index (χ0v) is 14.5. The Bertz CT molecular complexity index is 702. The van der Waals surface area contributed by atoms with Gasteiger partial charge in [-0.3, -0.25) is 0 Å². The van der Waals surface area contributed by atoms with Crippen molar-refractivity contribution < 1.29 is 13.9 Å². The van der Waals surface area contributed by atoms with E-state index in [2.05, 4.69) is 15.4 Å². The largest absolute Gasteiger partial charge is 0.396 e. The van der Waals surface area contributed by atoms with E-state index in [1.165, 1.54) is 6.20 Å². The number of nitrogens with one attached hydrogen (secondary N) is 1. The molecule has 5 nitrogen and oxygen atoms in total. The molecule has 1 aliphatic carbocycles. The maximum atomic E-state index is 12.8. The van der Waals surface area contributed by atoms with Crippen molar-refractivity contribution in [2.24, 2.45) is 5.92 Å². The van der Waals surface area contributed by atoms with E-state index >= 15 is 0 Å². The molecule has 8 heteroatoms. The Morgan fingerprint density at radius 2 is 2.08 bits per heavy atom. The van der Waals surface area contributed by atoms with Gasteiger partial charge < -0.3 is 10.4 Å². The van der Waals surface area contributed by atoms with Gasteiger partial charge in [-0.15, -0.1) is 0 Å². The highest BCUT2D eigenvalue weighted by atomic mass is 35.5. The van der Waals surface area contributed by atoms with E-state index in [1.807, 2.05) is 0 Å². The second-order valence-corrected chi connectivity index (χ2v) is 6.77. The number of aliphatic hydroxyl groups is 1. The van der Waals surface area contributed by atoms with Crippen LogP contribution in [-0.2, 0) is 0 Å². The third-order valence-corrected chi connectivity index (χ3v) is 4.91. The smallest absolute Gasteiger partial charge is 0.333 e. The molecular weight excluding hydrogens is 350 g/mol. The number of hydrogen-bond donors (Lipinski definition) is 2. The average Bonchev–Trinajstić information content (AvgIpc) is 3.07. The Hall–Kier alpha value is -1.73. The minimum Gasteiger partial charge on any atom is -0.396 e. The molecule has 2 aromatic heterocycles. The van der Waals surface area contributed by atoms with Gasteiger partial charge in [0.25, 0.3) is 0 Å². The number of anilines is 1. The normalized spacial score (nSPS) is 20.8. The van der Waals surface area contributed by atoms with Crippen molar-refractivity contribution in [2.75, 3.05) is 11.9 Å². The van der Waals surface area contributed by atoms with E-state index in [-0.39, 0.29) is 12.6 Å². The lowest BCUT2D eigenvalue weighted by atomic mass is 9.84. The van der Waals surface area contributed by atoms with Crippen molar-refractivity contribution in [2.45, 2.75) is 44.7 Å². The van der Waals surface area contributed by atoms with Gasteiger partial charge in [0.1, 0.15) is 5.15 Å². The van der Waals surface area contributed by atoms with Crippen LogP contribution in [0, 0.1) is 5.92 Å². The van der Waals surface area contributed by atoms with E-state index < -0.39 is 6.55 Å². The quantitative estimate of drug-likeness (QED) is 0.742. The molecule has 0 spiro atoms. The summed E-state index contributed by atoms with van der Waals surface area (Å²) in [5.74, 6) is 0.574. The summed E-state index contributed by atoms with van der Waals surface area (Å²) in [6, 6.07) is 3.53. The van der Waals surface area contributed by atoms with Crippen LogP contribution in [0.2, 0.25) is 5.15 Å². The lowest BCUT2D eigenvalue weighted by molar-refractivity contribution is 0.0568. The van der Waals surface area contributed by atoms with Gasteiger partial charge in [-0.2, -0.15) is 13.9 Å². The first-order chi connectivity index (χ1) is 12.1. The number of hydrogen-bond acceptors (Lipinski definition) is 4. The van der Waals surface area contributed by atoms with E-state index in [1.54, 1.807) is 18.3 Å². The minimum atomic E-state index is -2.67. The Morgan fingerprint density at radius 1 is 1.32 bits per heavy atom. The standard InChI is InChI=1S/C17H21ClF2N4O/c18-16-9-15(22-12-3-1-11(2-4-12)6-8-25)13(10-21-16)14-5-7-24(23-14)17(19)20/h5,7,9-12,17,25H,1-4,6,8H2,(H,21,22). The fourth-order valence-electron chi connectivity index (χ4n) is 3.34. The third-order valence-electron chi connectivity index (χ3n) is 4.70. The Balaban J connectivity index is 1.76. The first kappa shape index (κ1) is 18.1. The van der Waals surface area contributed by atoms with Crippen LogP contribution in [0.4, 0.5) is 14.5 Å². The first-order valence-corrected chi connectivity index (χ1v) is 8.81. The number of alkyl halides is 2. The predicted octanol–water partition coefficient (Wildman–Crippen LogP) is 4.35. The molecule has 3 rings (SSSR count). The third kappa shape index (κ3) is 4.46. The summed E-state index contributed by atoms with van der Waals surface area (Å²) in [5, 5.41) is 16.8. The number of halogens is 3. The maximum Gasteiger partial charge on any atom is 0.333 e. The van der Waals surface area contributed by atoms with Gasteiger partial charge in [0.15, 0.2) is 0 Å². The zero-order chi connectivity index (χ0) is 17.8. The van der Waals surface area contributed by atoms with E-state index in [9.17, 15) is 8.78 Å². The van der Waals surface area contributed by atoms with Gasteiger partial charge in [-0.25, -0.2) is 9.67 Å². The van der Waals surface area contributed by atoms with E-state index in [0.717, 1.165) is 37.8 Å². The molecule has 25 heavy (non-hydrogen) atoms. The van der Waals surface area contributed by atoms with E-state index in [0.29, 0.717) is 27.0 Å². The van der Waals surface area contributed by atoms with Crippen molar-refractivity contribution in [3.63, 3.8) is 0 Å². The summed E-state index contributed by atoms with van der Waals surface area (Å²) >= 11 is 6.02. The molecule has 136 valence electrons.